The third kappa shape index (κ3) is 2.16. The quantitative estimate of drug-likeness (QED) is 0.859. The van der Waals surface area contributed by atoms with E-state index >= 15 is 0 Å². The molecule has 1 fully saturated rings. The molecule has 0 saturated heterocycles. The first kappa shape index (κ1) is 11.3. The average Bonchev–Trinajstić information content (AvgIpc) is 2.20. The second-order valence-corrected chi connectivity index (χ2v) is 4.38. The Morgan fingerprint density at radius 2 is 2.00 bits per heavy atom. The minimum absolute atomic E-state index is 0.0495. The summed E-state index contributed by atoms with van der Waals surface area (Å²) in [6.45, 7) is 0. The van der Waals surface area contributed by atoms with E-state index in [1.54, 1.807) is 0 Å². The van der Waals surface area contributed by atoms with Gasteiger partial charge in [-0.2, -0.15) is 0 Å². The number of hydrogen-bond acceptors (Lipinski definition) is 2. The SMILES string of the molecule is COc1cc(F)c(CC2CC(N)C2)cc1F. The highest BCUT2D eigenvalue weighted by Gasteiger charge is 2.27. The highest BCUT2D eigenvalue weighted by molar-refractivity contribution is 5.31. The predicted octanol–water partition coefficient (Wildman–Crippen LogP) is 2.25. The van der Waals surface area contributed by atoms with Gasteiger partial charge in [-0.3, -0.25) is 0 Å². The molecule has 1 aliphatic rings. The molecule has 0 amide bonds. The number of methoxy groups -OCH3 is 1. The number of nitrogens with two attached hydrogens (primary N) is 1. The Hall–Kier alpha value is -1.16. The lowest BCUT2D eigenvalue weighted by molar-refractivity contribution is 0.261. The molecule has 2 nitrogen and oxygen atoms in total. The van der Waals surface area contributed by atoms with Gasteiger partial charge >= 0.3 is 0 Å². The van der Waals surface area contributed by atoms with E-state index in [9.17, 15) is 8.78 Å². The topological polar surface area (TPSA) is 35.2 Å². The van der Waals surface area contributed by atoms with Crippen LogP contribution in [-0.2, 0) is 6.42 Å². The zero-order chi connectivity index (χ0) is 11.7. The van der Waals surface area contributed by atoms with Gasteiger partial charge in [0.2, 0.25) is 0 Å². The average molecular weight is 227 g/mol. The van der Waals surface area contributed by atoms with Crippen molar-refractivity contribution in [3.63, 3.8) is 0 Å². The molecule has 0 aromatic heterocycles. The van der Waals surface area contributed by atoms with E-state index in [0.717, 1.165) is 18.9 Å². The Morgan fingerprint density at radius 1 is 1.31 bits per heavy atom. The van der Waals surface area contributed by atoms with Crippen LogP contribution in [0.5, 0.6) is 5.75 Å². The molecule has 0 bridgehead atoms. The van der Waals surface area contributed by atoms with Crippen molar-refractivity contribution >= 4 is 0 Å². The van der Waals surface area contributed by atoms with Crippen molar-refractivity contribution in [2.75, 3.05) is 7.11 Å². The molecule has 0 radical (unpaired) electrons. The zero-order valence-corrected chi connectivity index (χ0v) is 9.17. The van der Waals surface area contributed by atoms with Crippen LogP contribution in [0.1, 0.15) is 18.4 Å². The highest BCUT2D eigenvalue weighted by atomic mass is 19.1. The van der Waals surface area contributed by atoms with E-state index in [-0.39, 0.29) is 11.8 Å². The third-order valence-corrected chi connectivity index (χ3v) is 3.10. The van der Waals surface area contributed by atoms with Crippen LogP contribution >= 0.6 is 0 Å². The highest BCUT2D eigenvalue weighted by Crippen LogP contribution is 2.31. The van der Waals surface area contributed by atoms with Crippen molar-refractivity contribution in [2.24, 2.45) is 11.7 Å². The molecule has 1 aromatic rings. The van der Waals surface area contributed by atoms with Gasteiger partial charge in [-0.1, -0.05) is 0 Å². The Kier molecular flexibility index (Phi) is 3.10. The van der Waals surface area contributed by atoms with E-state index in [0.29, 0.717) is 17.9 Å². The van der Waals surface area contributed by atoms with E-state index in [1.165, 1.54) is 13.2 Å². The summed E-state index contributed by atoms with van der Waals surface area (Å²) in [5.41, 5.74) is 6.06. The Bertz CT molecular complexity index is 389. The van der Waals surface area contributed by atoms with Gasteiger partial charge in [0.05, 0.1) is 7.11 Å². The van der Waals surface area contributed by atoms with Crippen molar-refractivity contribution in [1.82, 2.24) is 0 Å². The fourth-order valence-corrected chi connectivity index (χ4v) is 2.15. The van der Waals surface area contributed by atoms with E-state index in [2.05, 4.69) is 0 Å². The van der Waals surface area contributed by atoms with Gasteiger partial charge in [-0.25, -0.2) is 8.78 Å². The van der Waals surface area contributed by atoms with Gasteiger partial charge in [0, 0.05) is 12.1 Å². The maximum absolute atomic E-state index is 13.6. The number of hydrogen-bond donors (Lipinski definition) is 1. The van der Waals surface area contributed by atoms with Crippen LogP contribution in [0, 0.1) is 17.6 Å². The molecular weight excluding hydrogens is 212 g/mol. The Labute approximate surface area is 93.4 Å². The smallest absolute Gasteiger partial charge is 0.165 e. The normalized spacial score (nSPS) is 24.0. The van der Waals surface area contributed by atoms with Crippen LogP contribution in [-0.4, -0.2) is 13.2 Å². The van der Waals surface area contributed by atoms with Crippen molar-refractivity contribution in [3.05, 3.63) is 29.3 Å². The van der Waals surface area contributed by atoms with Gasteiger partial charge in [0.1, 0.15) is 5.82 Å². The summed E-state index contributed by atoms with van der Waals surface area (Å²) in [5, 5.41) is 0. The number of ether oxygens (including phenoxy) is 1. The molecule has 2 N–H and O–H groups in total. The van der Waals surface area contributed by atoms with Gasteiger partial charge in [0.15, 0.2) is 11.6 Å². The molecule has 0 aliphatic heterocycles. The monoisotopic (exact) mass is 227 g/mol. The van der Waals surface area contributed by atoms with Crippen molar-refractivity contribution < 1.29 is 13.5 Å². The molecule has 4 heteroatoms. The van der Waals surface area contributed by atoms with E-state index < -0.39 is 11.6 Å². The Balaban J connectivity index is 2.12. The third-order valence-electron chi connectivity index (χ3n) is 3.10. The second-order valence-electron chi connectivity index (χ2n) is 4.38. The first-order chi connectivity index (χ1) is 7.60. The summed E-state index contributed by atoms with van der Waals surface area (Å²) in [7, 11) is 1.32. The van der Waals surface area contributed by atoms with Crippen molar-refractivity contribution in [1.29, 1.82) is 0 Å². The summed E-state index contributed by atoms with van der Waals surface area (Å²) in [6, 6.07) is 2.55. The zero-order valence-electron chi connectivity index (χ0n) is 9.17. The van der Waals surface area contributed by atoms with Gasteiger partial charge in [-0.05, 0) is 36.8 Å². The Morgan fingerprint density at radius 3 is 2.56 bits per heavy atom. The molecule has 16 heavy (non-hydrogen) atoms. The molecule has 0 unspecified atom stereocenters. The summed E-state index contributed by atoms with van der Waals surface area (Å²) in [5.74, 6) is -0.579. The van der Waals surface area contributed by atoms with E-state index in [1.807, 2.05) is 0 Å². The lowest BCUT2D eigenvalue weighted by Gasteiger charge is -2.32. The van der Waals surface area contributed by atoms with E-state index in [4.69, 9.17) is 10.5 Å². The summed E-state index contributed by atoms with van der Waals surface area (Å²) in [4.78, 5) is 0. The van der Waals surface area contributed by atoms with Crippen molar-refractivity contribution in [2.45, 2.75) is 25.3 Å². The fraction of sp³-hybridized carbons (Fsp3) is 0.500. The van der Waals surface area contributed by atoms with Crippen LogP contribution in [0.15, 0.2) is 12.1 Å². The maximum Gasteiger partial charge on any atom is 0.165 e. The molecule has 88 valence electrons. The number of benzene rings is 1. The van der Waals surface area contributed by atoms with Gasteiger partial charge in [-0.15, -0.1) is 0 Å². The first-order valence-electron chi connectivity index (χ1n) is 5.37. The molecule has 0 spiro atoms. The summed E-state index contributed by atoms with van der Waals surface area (Å²) < 4.78 is 31.6. The standard InChI is InChI=1S/C12H15F2NO/c1-16-12-6-10(13)8(5-11(12)14)2-7-3-9(15)4-7/h5-7,9H,2-4,15H2,1H3. The second kappa shape index (κ2) is 4.37. The maximum atomic E-state index is 13.6. The molecule has 2 rings (SSSR count). The minimum atomic E-state index is -0.512. The molecule has 0 heterocycles. The largest absolute Gasteiger partial charge is 0.494 e. The van der Waals surface area contributed by atoms with Crippen LogP contribution in [0.3, 0.4) is 0 Å². The first-order valence-corrected chi connectivity index (χ1v) is 5.37. The summed E-state index contributed by atoms with van der Waals surface area (Å²) in [6.07, 6.45) is 2.35. The number of rotatable bonds is 3. The molecule has 1 saturated carbocycles. The molecule has 0 atom stereocenters. The number of halogens is 2. The van der Waals surface area contributed by atoms with Gasteiger partial charge < -0.3 is 10.5 Å². The van der Waals surface area contributed by atoms with Crippen LogP contribution in [0.2, 0.25) is 0 Å². The summed E-state index contributed by atoms with van der Waals surface area (Å²) >= 11 is 0. The lowest BCUT2D eigenvalue weighted by atomic mass is 9.77. The molecular formula is C12H15F2NO. The van der Waals surface area contributed by atoms with Crippen molar-refractivity contribution in [3.8, 4) is 5.75 Å². The van der Waals surface area contributed by atoms with Crippen LogP contribution < -0.4 is 10.5 Å². The molecule has 1 aromatic carbocycles. The minimum Gasteiger partial charge on any atom is -0.494 e. The lowest BCUT2D eigenvalue weighted by Crippen LogP contribution is -2.37. The predicted molar refractivity (Wildman–Crippen MR) is 57.3 cm³/mol. The fourth-order valence-electron chi connectivity index (χ4n) is 2.15. The van der Waals surface area contributed by atoms with Crippen LogP contribution in [0.25, 0.3) is 0 Å². The molecule has 1 aliphatic carbocycles. The van der Waals surface area contributed by atoms with Crippen LogP contribution in [0.4, 0.5) is 8.78 Å². The van der Waals surface area contributed by atoms with Gasteiger partial charge in [0.25, 0.3) is 0 Å².